The monoisotopic (exact) mass is 325 g/mol. The zero-order valence-corrected chi connectivity index (χ0v) is 15.1. The van der Waals surface area contributed by atoms with Gasteiger partial charge in [0.05, 0.1) is 6.10 Å². The molecule has 5 heteroatoms. The minimum absolute atomic E-state index is 0.0735. The first-order valence-corrected chi connectivity index (χ1v) is 9.37. The lowest BCUT2D eigenvalue weighted by Gasteiger charge is -2.36. The number of likely N-dealkylation sites (tertiary alicyclic amines) is 1. The van der Waals surface area contributed by atoms with Crippen molar-refractivity contribution < 1.29 is 9.90 Å². The van der Waals surface area contributed by atoms with Crippen LogP contribution in [0.4, 0.5) is 4.79 Å². The molecule has 1 aliphatic carbocycles. The smallest absolute Gasteiger partial charge is 0.315 e. The lowest BCUT2D eigenvalue weighted by atomic mass is 9.87. The summed E-state index contributed by atoms with van der Waals surface area (Å²) in [6.07, 6.45) is 5.03. The molecule has 1 aliphatic heterocycles. The Balaban J connectivity index is 1.64. The Hall–Kier alpha value is -0.810. The molecule has 23 heavy (non-hydrogen) atoms. The van der Waals surface area contributed by atoms with Crippen LogP contribution in [-0.4, -0.2) is 54.4 Å². The molecule has 134 valence electrons. The van der Waals surface area contributed by atoms with Gasteiger partial charge in [-0.2, -0.15) is 0 Å². The fourth-order valence-corrected chi connectivity index (χ4v) is 4.33. The number of amides is 2. The summed E-state index contributed by atoms with van der Waals surface area (Å²) < 4.78 is 0. The Bertz CT molecular complexity index is 367. The quantitative estimate of drug-likeness (QED) is 0.726. The van der Waals surface area contributed by atoms with Gasteiger partial charge in [0, 0.05) is 32.2 Å². The van der Waals surface area contributed by atoms with Gasteiger partial charge >= 0.3 is 6.03 Å². The summed E-state index contributed by atoms with van der Waals surface area (Å²) in [4.78, 5) is 14.5. The van der Waals surface area contributed by atoms with Gasteiger partial charge in [-0.3, -0.25) is 0 Å². The summed E-state index contributed by atoms with van der Waals surface area (Å²) in [5, 5.41) is 15.7. The minimum Gasteiger partial charge on any atom is -0.393 e. The highest BCUT2D eigenvalue weighted by Gasteiger charge is 2.24. The van der Waals surface area contributed by atoms with Gasteiger partial charge in [-0.25, -0.2) is 4.79 Å². The van der Waals surface area contributed by atoms with E-state index in [1.54, 1.807) is 0 Å². The van der Waals surface area contributed by atoms with Gasteiger partial charge in [-0.15, -0.1) is 0 Å². The molecule has 0 aromatic rings. The second-order valence-electron chi connectivity index (χ2n) is 8.11. The van der Waals surface area contributed by atoms with Gasteiger partial charge in [0.1, 0.15) is 0 Å². The van der Waals surface area contributed by atoms with E-state index >= 15 is 0 Å². The molecule has 3 N–H and O–H groups in total. The van der Waals surface area contributed by atoms with Gasteiger partial charge in [0.2, 0.25) is 0 Å². The van der Waals surface area contributed by atoms with E-state index in [0.29, 0.717) is 12.5 Å². The molecule has 5 nitrogen and oxygen atoms in total. The van der Waals surface area contributed by atoms with E-state index in [1.165, 1.54) is 6.42 Å². The number of aliphatic hydroxyl groups is 1. The van der Waals surface area contributed by atoms with Gasteiger partial charge in [-0.1, -0.05) is 20.3 Å². The van der Waals surface area contributed by atoms with Crippen LogP contribution in [-0.2, 0) is 0 Å². The van der Waals surface area contributed by atoms with Crippen LogP contribution in [0.25, 0.3) is 0 Å². The van der Waals surface area contributed by atoms with Crippen LogP contribution in [0, 0.1) is 17.8 Å². The molecule has 0 radical (unpaired) electrons. The van der Waals surface area contributed by atoms with E-state index in [9.17, 15) is 9.90 Å². The Kier molecular flexibility index (Phi) is 7.15. The summed E-state index contributed by atoms with van der Waals surface area (Å²) in [5.41, 5.74) is 0. The van der Waals surface area contributed by atoms with Crippen molar-refractivity contribution in [2.24, 2.45) is 17.8 Å². The van der Waals surface area contributed by atoms with E-state index < -0.39 is 0 Å². The maximum atomic E-state index is 12.0. The van der Waals surface area contributed by atoms with Crippen molar-refractivity contribution in [3.63, 3.8) is 0 Å². The molecule has 0 bridgehead atoms. The first-order valence-electron chi connectivity index (χ1n) is 9.37. The van der Waals surface area contributed by atoms with Crippen molar-refractivity contribution in [2.75, 3.05) is 26.2 Å². The van der Waals surface area contributed by atoms with Crippen LogP contribution in [0.3, 0.4) is 0 Å². The first kappa shape index (κ1) is 18.5. The number of hydrogen-bond acceptors (Lipinski definition) is 3. The number of nitrogens with one attached hydrogen (secondary N) is 2. The normalized spacial score (nSPS) is 33.9. The number of rotatable bonds is 5. The lowest BCUT2D eigenvalue weighted by molar-refractivity contribution is 0.101. The second-order valence-corrected chi connectivity index (χ2v) is 8.11. The minimum atomic E-state index is -0.180. The number of piperidine rings is 1. The predicted molar refractivity (Wildman–Crippen MR) is 93.3 cm³/mol. The van der Waals surface area contributed by atoms with E-state index in [4.69, 9.17) is 0 Å². The molecule has 0 spiro atoms. The van der Waals surface area contributed by atoms with Crippen LogP contribution in [0.5, 0.6) is 0 Å². The maximum absolute atomic E-state index is 12.0. The molecule has 2 rings (SSSR count). The van der Waals surface area contributed by atoms with Crippen LogP contribution in [0.1, 0.15) is 52.9 Å². The third kappa shape index (κ3) is 6.68. The first-order chi connectivity index (χ1) is 10.9. The van der Waals surface area contributed by atoms with Crippen LogP contribution in [0.15, 0.2) is 0 Å². The van der Waals surface area contributed by atoms with Crippen LogP contribution < -0.4 is 10.6 Å². The molecule has 0 aromatic carbocycles. The molecule has 5 atom stereocenters. The van der Waals surface area contributed by atoms with E-state index in [2.05, 4.69) is 36.3 Å². The molecular formula is C18H35N3O2. The third-order valence-electron chi connectivity index (χ3n) is 5.16. The predicted octanol–water partition coefficient (Wildman–Crippen LogP) is 2.20. The van der Waals surface area contributed by atoms with Gasteiger partial charge in [-0.05, 0) is 50.4 Å². The van der Waals surface area contributed by atoms with Crippen molar-refractivity contribution in [2.45, 2.75) is 65.0 Å². The zero-order valence-electron chi connectivity index (χ0n) is 15.1. The summed E-state index contributed by atoms with van der Waals surface area (Å²) in [6, 6.07) is 0.0834. The SMILES string of the molecule is CC1CC(C)CN(CC(C)NC(=O)NCC2CCCC(O)C2)C1. The average molecular weight is 325 g/mol. The molecule has 1 heterocycles. The highest BCUT2D eigenvalue weighted by Crippen LogP contribution is 2.23. The number of carbonyl (C=O) groups is 1. The van der Waals surface area contributed by atoms with E-state index in [-0.39, 0.29) is 18.2 Å². The largest absolute Gasteiger partial charge is 0.393 e. The van der Waals surface area contributed by atoms with Gasteiger partial charge in [0.15, 0.2) is 0 Å². The van der Waals surface area contributed by atoms with Crippen molar-refractivity contribution >= 4 is 6.03 Å². The van der Waals surface area contributed by atoms with Crippen LogP contribution >= 0.6 is 0 Å². The molecule has 1 saturated carbocycles. The Morgan fingerprint density at radius 2 is 1.91 bits per heavy atom. The molecular weight excluding hydrogens is 290 g/mol. The topological polar surface area (TPSA) is 64.6 Å². The number of hydrogen-bond donors (Lipinski definition) is 3. The molecule has 2 fully saturated rings. The fourth-order valence-electron chi connectivity index (χ4n) is 4.33. The summed E-state index contributed by atoms with van der Waals surface area (Å²) in [7, 11) is 0. The molecule has 0 aromatic heterocycles. The number of aliphatic hydroxyl groups excluding tert-OH is 1. The van der Waals surface area contributed by atoms with Crippen molar-refractivity contribution in [3.05, 3.63) is 0 Å². The fraction of sp³-hybridized carbons (Fsp3) is 0.944. The Morgan fingerprint density at radius 1 is 1.22 bits per heavy atom. The summed E-state index contributed by atoms with van der Waals surface area (Å²) in [5.74, 6) is 1.92. The molecule has 1 saturated heterocycles. The second kappa shape index (κ2) is 8.88. The average Bonchev–Trinajstić information content (AvgIpc) is 2.44. The van der Waals surface area contributed by atoms with Crippen molar-refractivity contribution in [1.29, 1.82) is 0 Å². The zero-order chi connectivity index (χ0) is 16.8. The highest BCUT2D eigenvalue weighted by atomic mass is 16.3. The third-order valence-corrected chi connectivity index (χ3v) is 5.16. The molecule has 2 amide bonds. The van der Waals surface area contributed by atoms with E-state index in [0.717, 1.165) is 57.2 Å². The Labute approximate surface area is 141 Å². The van der Waals surface area contributed by atoms with Gasteiger partial charge < -0.3 is 20.6 Å². The maximum Gasteiger partial charge on any atom is 0.315 e. The van der Waals surface area contributed by atoms with E-state index in [1.807, 2.05) is 0 Å². The lowest BCUT2D eigenvalue weighted by Crippen LogP contribution is -2.49. The standard InChI is InChI=1S/C18H35N3O2/c1-13-7-14(2)11-21(10-13)12-15(3)20-18(23)19-9-16-5-4-6-17(22)8-16/h13-17,22H,4-12H2,1-3H3,(H2,19,20,23). The number of nitrogens with zero attached hydrogens (tertiary/aromatic N) is 1. The van der Waals surface area contributed by atoms with Gasteiger partial charge in [0.25, 0.3) is 0 Å². The Morgan fingerprint density at radius 3 is 2.57 bits per heavy atom. The summed E-state index contributed by atoms with van der Waals surface area (Å²) in [6.45, 7) is 10.6. The number of urea groups is 1. The number of carbonyl (C=O) groups excluding carboxylic acids is 1. The van der Waals surface area contributed by atoms with Crippen molar-refractivity contribution in [3.8, 4) is 0 Å². The van der Waals surface area contributed by atoms with Crippen molar-refractivity contribution in [1.82, 2.24) is 15.5 Å². The summed E-state index contributed by atoms with van der Waals surface area (Å²) >= 11 is 0. The highest BCUT2D eigenvalue weighted by molar-refractivity contribution is 5.74. The molecule has 2 aliphatic rings. The van der Waals surface area contributed by atoms with Crippen LogP contribution in [0.2, 0.25) is 0 Å². The molecule has 5 unspecified atom stereocenters.